The highest BCUT2D eigenvalue weighted by Crippen LogP contribution is 2.38. The van der Waals surface area contributed by atoms with Gasteiger partial charge in [-0.3, -0.25) is 0 Å². The SMILES string of the molecule is Cc1cc(C)c(B(c2c(C)cc(C)cc2C)c2c(-n3c4ccccc4c4ccccc43)sc3ccsc23)c(C)c1. The monoisotopic (exact) mass is 553 g/mol. The van der Waals surface area contributed by atoms with Crippen molar-refractivity contribution in [3.05, 3.63) is 118 Å². The molecular weight excluding hydrogens is 521 g/mol. The third kappa shape index (κ3) is 3.81. The molecule has 196 valence electrons. The van der Waals surface area contributed by atoms with Crippen molar-refractivity contribution in [2.45, 2.75) is 41.5 Å². The maximum Gasteiger partial charge on any atom is 0.248 e. The van der Waals surface area contributed by atoms with E-state index in [9.17, 15) is 0 Å². The minimum atomic E-state index is 0.128. The van der Waals surface area contributed by atoms with Gasteiger partial charge in [-0.25, -0.2) is 0 Å². The highest BCUT2D eigenvalue weighted by Gasteiger charge is 2.34. The van der Waals surface area contributed by atoms with E-state index in [1.807, 2.05) is 22.7 Å². The zero-order valence-electron chi connectivity index (χ0n) is 23.9. The third-order valence-corrected chi connectivity index (χ3v) is 10.7. The molecule has 0 aliphatic heterocycles. The Morgan fingerprint density at radius 3 is 1.55 bits per heavy atom. The lowest BCUT2D eigenvalue weighted by Gasteiger charge is -2.25. The van der Waals surface area contributed by atoms with Crippen LogP contribution in [-0.2, 0) is 0 Å². The Kier molecular flexibility index (Phi) is 6.03. The summed E-state index contributed by atoms with van der Waals surface area (Å²) in [7, 11) is 0. The van der Waals surface area contributed by atoms with Crippen LogP contribution in [0.4, 0.5) is 0 Å². The van der Waals surface area contributed by atoms with Crippen molar-refractivity contribution in [2.24, 2.45) is 0 Å². The molecule has 0 saturated carbocycles. The van der Waals surface area contributed by atoms with Crippen molar-refractivity contribution >= 4 is 77.0 Å². The Hall–Kier alpha value is -3.60. The predicted octanol–water partition coefficient (Wildman–Crippen LogP) is 8.43. The van der Waals surface area contributed by atoms with Gasteiger partial charge in [0.25, 0.3) is 0 Å². The Labute approximate surface area is 244 Å². The Morgan fingerprint density at radius 1 is 0.575 bits per heavy atom. The summed E-state index contributed by atoms with van der Waals surface area (Å²) in [4.78, 5) is 0. The minimum Gasteiger partial charge on any atom is -0.301 e. The van der Waals surface area contributed by atoms with Gasteiger partial charge in [-0.15, -0.1) is 22.7 Å². The lowest BCUT2D eigenvalue weighted by Crippen LogP contribution is -2.56. The summed E-state index contributed by atoms with van der Waals surface area (Å²) in [5.41, 5.74) is 15.0. The molecule has 0 atom stereocenters. The number of nitrogens with zero attached hydrogens (tertiary/aromatic N) is 1. The molecule has 0 saturated heterocycles. The molecule has 0 bridgehead atoms. The molecule has 1 nitrogen and oxygen atoms in total. The average molecular weight is 554 g/mol. The lowest BCUT2D eigenvalue weighted by atomic mass is 9.34. The highest BCUT2D eigenvalue weighted by molar-refractivity contribution is 7.32. The summed E-state index contributed by atoms with van der Waals surface area (Å²) in [6.07, 6.45) is 0. The van der Waals surface area contributed by atoms with Crippen LogP contribution in [0, 0.1) is 41.5 Å². The van der Waals surface area contributed by atoms with Crippen molar-refractivity contribution in [1.29, 1.82) is 0 Å². The number of para-hydroxylation sites is 2. The number of thiophene rings is 2. The number of hydrogen-bond donors (Lipinski definition) is 0. The fourth-order valence-corrected chi connectivity index (χ4v) is 9.57. The van der Waals surface area contributed by atoms with Crippen molar-refractivity contribution in [2.75, 3.05) is 0 Å². The smallest absolute Gasteiger partial charge is 0.248 e. The summed E-state index contributed by atoms with van der Waals surface area (Å²) < 4.78 is 5.32. The largest absolute Gasteiger partial charge is 0.301 e. The van der Waals surface area contributed by atoms with E-state index in [0.717, 1.165) is 0 Å². The molecule has 3 heterocycles. The first kappa shape index (κ1) is 25.4. The second kappa shape index (κ2) is 9.50. The summed E-state index contributed by atoms with van der Waals surface area (Å²) in [5, 5.41) is 6.22. The van der Waals surface area contributed by atoms with E-state index in [-0.39, 0.29) is 6.71 Å². The van der Waals surface area contributed by atoms with Crippen LogP contribution in [0.2, 0.25) is 0 Å². The van der Waals surface area contributed by atoms with Crippen LogP contribution in [0.3, 0.4) is 0 Å². The molecule has 0 spiro atoms. The molecule has 0 radical (unpaired) electrons. The average Bonchev–Trinajstić information content (AvgIpc) is 3.58. The molecule has 0 fully saturated rings. The standard InChI is InChI=1S/C36H32BNS2/c1-21-17-23(3)32(24(4)18-21)37(33-25(5)19-22(2)20-26(33)6)34-35-31(15-16-39-35)40-36(34)38-29-13-9-7-11-27(29)28-12-8-10-14-30(28)38/h7-20H,1-6H3. The molecule has 0 N–H and O–H groups in total. The van der Waals surface area contributed by atoms with Crippen LogP contribution in [-0.4, -0.2) is 11.3 Å². The number of aromatic nitrogens is 1. The number of benzene rings is 4. The zero-order chi connectivity index (χ0) is 27.7. The van der Waals surface area contributed by atoms with Gasteiger partial charge in [0.15, 0.2) is 0 Å². The van der Waals surface area contributed by atoms with Crippen LogP contribution >= 0.6 is 22.7 Å². The van der Waals surface area contributed by atoms with Gasteiger partial charge in [0.05, 0.1) is 16.0 Å². The van der Waals surface area contributed by atoms with Crippen molar-refractivity contribution < 1.29 is 0 Å². The van der Waals surface area contributed by atoms with Gasteiger partial charge >= 0.3 is 0 Å². The molecule has 7 rings (SSSR count). The lowest BCUT2D eigenvalue weighted by molar-refractivity contribution is 1.23. The number of hydrogen-bond acceptors (Lipinski definition) is 2. The number of fused-ring (bicyclic) bond motifs is 4. The first-order valence-corrected chi connectivity index (χ1v) is 15.7. The summed E-state index contributed by atoms with van der Waals surface area (Å²) >= 11 is 3.83. The van der Waals surface area contributed by atoms with Gasteiger partial charge in [-0.05, 0) is 70.6 Å². The summed E-state index contributed by atoms with van der Waals surface area (Å²) in [6.45, 7) is 13.8. The molecule has 0 aliphatic rings. The van der Waals surface area contributed by atoms with Crippen LogP contribution in [0.1, 0.15) is 33.4 Å². The van der Waals surface area contributed by atoms with Gasteiger partial charge in [-0.2, -0.15) is 0 Å². The van der Waals surface area contributed by atoms with Gasteiger partial charge < -0.3 is 4.57 Å². The zero-order valence-corrected chi connectivity index (χ0v) is 25.6. The molecule has 0 unspecified atom stereocenters. The van der Waals surface area contributed by atoms with Crippen molar-refractivity contribution in [3.8, 4) is 5.00 Å². The predicted molar refractivity (Wildman–Crippen MR) is 180 cm³/mol. The maximum atomic E-state index is 2.54. The molecule has 7 aromatic rings. The second-order valence-corrected chi connectivity index (χ2v) is 13.3. The van der Waals surface area contributed by atoms with E-state index in [2.05, 4.69) is 130 Å². The Balaban J connectivity index is 1.67. The molecule has 4 heteroatoms. The van der Waals surface area contributed by atoms with Crippen molar-refractivity contribution in [1.82, 2.24) is 4.57 Å². The van der Waals surface area contributed by atoms with Gasteiger partial charge in [-0.1, -0.05) is 105 Å². The summed E-state index contributed by atoms with van der Waals surface area (Å²) in [5.74, 6) is 0. The van der Waals surface area contributed by atoms with Crippen LogP contribution in [0.5, 0.6) is 0 Å². The molecule has 0 amide bonds. The minimum absolute atomic E-state index is 0.128. The second-order valence-electron chi connectivity index (χ2n) is 11.4. The normalized spacial score (nSPS) is 11.8. The van der Waals surface area contributed by atoms with E-state index < -0.39 is 0 Å². The van der Waals surface area contributed by atoms with Crippen LogP contribution in [0.15, 0.2) is 84.2 Å². The Morgan fingerprint density at radius 2 is 1.05 bits per heavy atom. The van der Waals surface area contributed by atoms with E-state index in [1.165, 1.54) is 86.0 Å². The first-order valence-electron chi connectivity index (χ1n) is 14.0. The van der Waals surface area contributed by atoms with E-state index >= 15 is 0 Å². The topological polar surface area (TPSA) is 4.93 Å². The molecule has 3 aromatic heterocycles. The molecular formula is C36H32BNS2. The van der Waals surface area contributed by atoms with Gasteiger partial charge in [0.2, 0.25) is 6.71 Å². The van der Waals surface area contributed by atoms with Gasteiger partial charge in [0.1, 0.15) is 0 Å². The first-order chi connectivity index (χ1) is 19.3. The van der Waals surface area contributed by atoms with Gasteiger partial charge in [0, 0.05) is 20.2 Å². The van der Waals surface area contributed by atoms with E-state index in [1.54, 1.807) is 0 Å². The highest BCUT2D eigenvalue weighted by atomic mass is 32.1. The molecule has 0 aliphatic carbocycles. The fourth-order valence-electron chi connectivity index (χ4n) is 7.12. The van der Waals surface area contributed by atoms with Crippen LogP contribution < -0.4 is 16.4 Å². The molecule has 40 heavy (non-hydrogen) atoms. The third-order valence-electron chi connectivity index (χ3n) is 8.44. The fraction of sp³-hybridized carbons (Fsp3) is 0.167. The Bertz CT molecular complexity index is 1930. The maximum absolute atomic E-state index is 2.54. The number of aryl methyl sites for hydroxylation is 6. The molecule has 4 aromatic carbocycles. The van der Waals surface area contributed by atoms with Crippen molar-refractivity contribution in [3.63, 3.8) is 0 Å². The van der Waals surface area contributed by atoms with E-state index in [0.29, 0.717) is 0 Å². The van der Waals surface area contributed by atoms with Crippen LogP contribution in [0.25, 0.3) is 36.2 Å². The van der Waals surface area contributed by atoms with E-state index in [4.69, 9.17) is 0 Å². The number of rotatable bonds is 4. The summed E-state index contributed by atoms with van der Waals surface area (Å²) in [6, 6.07) is 29.6. The quantitative estimate of drug-likeness (QED) is 0.193.